The highest BCUT2D eigenvalue weighted by molar-refractivity contribution is 5.98. The monoisotopic (exact) mass is 363 g/mol. The first-order valence-corrected chi connectivity index (χ1v) is 9.47. The lowest BCUT2D eigenvalue weighted by Crippen LogP contribution is -2.25. The molecule has 4 rings (SSSR count). The van der Waals surface area contributed by atoms with Crippen LogP contribution >= 0.6 is 0 Å². The standard InChI is InChI=1S/C22H25N3O2/c1-27-19-9-8-16-12-21(24-20(16)13-19)22(26)23-14-17-6-2-3-7-18(17)15-25-10-4-5-11-25/h2-3,6-9,12-13,24H,4-5,10-11,14-15H2,1H3,(H,23,26). The molecule has 0 atom stereocenters. The predicted molar refractivity (Wildman–Crippen MR) is 107 cm³/mol. The molecule has 1 amide bonds. The van der Waals surface area contributed by atoms with Crippen LogP contribution in [0.5, 0.6) is 5.75 Å². The van der Waals surface area contributed by atoms with Gasteiger partial charge in [-0.25, -0.2) is 0 Å². The second kappa shape index (κ2) is 7.84. The van der Waals surface area contributed by atoms with E-state index in [2.05, 4.69) is 33.4 Å². The maximum Gasteiger partial charge on any atom is 0.267 e. The number of rotatable bonds is 6. The summed E-state index contributed by atoms with van der Waals surface area (Å²) in [6.07, 6.45) is 2.56. The first-order chi connectivity index (χ1) is 13.2. The molecule has 1 aliphatic heterocycles. The minimum Gasteiger partial charge on any atom is -0.497 e. The quantitative estimate of drug-likeness (QED) is 0.702. The Hall–Kier alpha value is -2.79. The van der Waals surface area contributed by atoms with Crippen molar-refractivity contribution in [3.05, 3.63) is 65.4 Å². The minimum absolute atomic E-state index is 0.0962. The third kappa shape index (κ3) is 3.98. The summed E-state index contributed by atoms with van der Waals surface area (Å²) in [5.41, 5.74) is 3.93. The summed E-state index contributed by atoms with van der Waals surface area (Å²) in [5, 5.41) is 4.05. The fraction of sp³-hybridized carbons (Fsp3) is 0.318. The van der Waals surface area contributed by atoms with Gasteiger partial charge in [-0.1, -0.05) is 24.3 Å². The highest BCUT2D eigenvalue weighted by atomic mass is 16.5. The number of carbonyl (C=O) groups excluding carboxylic acids is 1. The number of methoxy groups -OCH3 is 1. The van der Waals surface area contributed by atoms with Crippen LogP contribution in [0.15, 0.2) is 48.5 Å². The molecule has 140 valence electrons. The molecule has 0 unspecified atom stereocenters. The van der Waals surface area contributed by atoms with Crippen LogP contribution in [0, 0.1) is 0 Å². The number of fused-ring (bicyclic) bond motifs is 1. The van der Waals surface area contributed by atoms with Crippen molar-refractivity contribution in [2.75, 3.05) is 20.2 Å². The molecule has 1 saturated heterocycles. The molecule has 0 aliphatic carbocycles. The van der Waals surface area contributed by atoms with Gasteiger partial charge in [0.15, 0.2) is 0 Å². The first kappa shape index (κ1) is 17.6. The van der Waals surface area contributed by atoms with E-state index < -0.39 is 0 Å². The molecule has 5 heteroatoms. The number of carbonyl (C=O) groups is 1. The van der Waals surface area contributed by atoms with Gasteiger partial charge in [-0.3, -0.25) is 9.69 Å². The van der Waals surface area contributed by atoms with Gasteiger partial charge in [0.05, 0.1) is 7.11 Å². The van der Waals surface area contributed by atoms with E-state index in [0.717, 1.165) is 23.2 Å². The second-order valence-corrected chi connectivity index (χ2v) is 7.07. The van der Waals surface area contributed by atoms with Gasteiger partial charge in [-0.05, 0) is 55.3 Å². The zero-order valence-electron chi connectivity index (χ0n) is 15.6. The lowest BCUT2D eigenvalue weighted by Gasteiger charge is -2.17. The van der Waals surface area contributed by atoms with E-state index in [1.807, 2.05) is 30.3 Å². The maximum absolute atomic E-state index is 12.6. The van der Waals surface area contributed by atoms with E-state index in [-0.39, 0.29) is 5.91 Å². The zero-order valence-corrected chi connectivity index (χ0v) is 15.6. The van der Waals surface area contributed by atoms with Crippen LogP contribution in [0.3, 0.4) is 0 Å². The summed E-state index contributed by atoms with van der Waals surface area (Å²) in [4.78, 5) is 18.3. The van der Waals surface area contributed by atoms with Crippen molar-refractivity contribution < 1.29 is 9.53 Å². The van der Waals surface area contributed by atoms with E-state index in [9.17, 15) is 4.79 Å². The molecule has 1 aromatic heterocycles. The van der Waals surface area contributed by atoms with E-state index >= 15 is 0 Å². The topological polar surface area (TPSA) is 57.4 Å². The molecule has 2 N–H and O–H groups in total. The number of amides is 1. The van der Waals surface area contributed by atoms with Crippen LogP contribution in [0.1, 0.15) is 34.5 Å². The molecule has 2 aromatic carbocycles. The Balaban J connectivity index is 1.44. The summed E-state index contributed by atoms with van der Waals surface area (Å²) >= 11 is 0. The average molecular weight is 363 g/mol. The number of hydrogen-bond donors (Lipinski definition) is 2. The number of ether oxygens (including phenoxy) is 1. The lowest BCUT2D eigenvalue weighted by atomic mass is 10.1. The molecule has 0 bridgehead atoms. The van der Waals surface area contributed by atoms with Crippen LogP contribution in [0.4, 0.5) is 0 Å². The van der Waals surface area contributed by atoms with Gasteiger partial charge in [0.25, 0.3) is 5.91 Å². The molecular weight excluding hydrogens is 338 g/mol. The summed E-state index contributed by atoms with van der Waals surface area (Å²) in [6, 6.07) is 16.0. The number of hydrogen-bond acceptors (Lipinski definition) is 3. The first-order valence-electron chi connectivity index (χ1n) is 9.47. The van der Waals surface area contributed by atoms with Gasteiger partial charge in [0.2, 0.25) is 0 Å². The Bertz CT molecular complexity index is 942. The van der Waals surface area contributed by atoms with Gasteiger partial charge >= 0.3 is 0 Å². The third-order valence-electron chi connectivity index (χ3n) is 5.22. The van der Waals surface area contributed by atoms with Crippen molar-refractivity contribution in [1.82, 2.24) is 15.2 Å². The van der Waals surface area contributed by atoms with Crippen LogP contribution in [0.2, 0.25) is 0 Å². The summed E-state index contributed by atoms with van der Waals surface area (Å²) in [7, 11) is 1.64. The Morgan fingerprint density at radius 3 is 2.67 bits per heavy atom. The number of H-pyrrole nitrogens is 1. The Morgan fingerprint density at radius 1 is 1.11 bits per heavy atom. The number of nitrogens with one attached hydrogen (secondary N) is 2. The van der Waals surface area contributed by atoms with Gasteiger partial charge < -0.3 is 15.0 Å². The van der Waals surface area contributed by atoms with Crippen LogP contribution < -0.4 is 10.1 Å². The molecule has 0 saturated carbocycles. The van der Waals surface area contributed by atoms with Crippen molar-refractivity contribution in [2.24, 2.45) is 0 Å². The fourth-order valence-corrected chi connectivity index (χ4v) is 3.69. The summed E-state index contributed by atoms with van der Waals surface area (Å²) < 4.78 is 5.24. The molecule has 0 spiro atoms. The largest absolute Gasteiger partial charge is 0.497 e. The van der Waals surface area contributed by atoms with Crippen molar-refractivity contribution in [1.29, 1.82) is 0 Å². The van der Waals surface area contributed by atoms with E-state index in [4.69, 9.17) is 4.74 Å². The number of aromatic nitrogens is 1. The fourth-order valence-electron chi connectivity index (χ4n) is 3.69. The van der Waals surface area contributed by atoms with E-state index in [1.54, 1.807) is 7.11 Å². The normalized spacial score (nSPS) is 14.6. The van der Waals surface area contributed by atoms with Gasteiger partial charge in [0.1, 0.15) is 11.4 Å². The van der Waals surface area contributed by atoms with E-state index in [0.29, 0.717) is 12.2 Å². The third-order valence-corrected chi connectivity index (χ3v) is 5.22. The summed E-state index contributed by atoms with van der Waals surface area (Å²) in [5.74, 6) is 0.674. The minimum atomic E-state index is -0.0962. The molecule has 1 aliphatic rings. The summed E-state index contributed by atoms with van der Waals surface area (Å²) in [6.45, 7) is 3.82. The predicted octanol–water partition coefficient (Wildman–Crippen LogP) is 3.70. The molecule has 5 nitrogen and oxygen atoms in total. The van der Waals surface area contributed by atoms with Crippen molar-refractivity contribution in [3.8, 4) is 5.75 Å². The van der Waals surface area contributed by atoms with Gasteiger partial charge in [-0.2, -0.15) is 0 Å². The second-order valence-electron chi connectivity index (χ2n) is 7.07. The van der Waals surface area contributed by atoms with Crippen LogP contribution in [0.25, 0.3) is 10.9 Å². The van der Waals surface area contributed by atoms with Crippen LogP contribution in [-0.2, 0) is 13.1 Å². The molecule has 3 aromatic rings. The number of nitrogens with zero attached hydrogens (tertiary/aromatic N) is 1. The number of likely N-dealkylation sites (tertiary alicyclic amines) is 1. The maximum atomic E-state index is 12.6. The van der Waals surface area contributed by atoms with Gasteiger partial charge in [0, 0.05) is 30.1 Å². The molecule has 27 heavy (non-hydrogen) atoms. The smallest absolute Gasteiger partial charge is 0.267 e. The Kier molecular flexibility index (Phi) is 5.12. The number of aromatic amines is 1. The molecule has 0 radical (unpaired) electrons. The van der Waals surface area contributed by atoms with Crippen LogP contribution in [-0.4, -0.2) is 36.0 Å². The SMILES string of the molecule is COc1ccc2cc(C(=O)NCc3ccccc3CN3CCCC3)[nH]c2c1. The average Bonchev–Trinajstić information content (AvgIpc) is 3.35. The highest BCUT2D eigenvalue weighted by Gasteiger charge is 2.15. The van der Waals surface area contributed by atoms with Crippen molar-refractivity contribution >= 4 is 16.8 Å². The Labute approximate surface area is 159 Å². The highest BCUT2D eigenvalue weighted by Crippen LogP contribution is 2.21. The van der Waals surface area contributed by atoms with Crippen molar-refractivity contribution in [3.63, 3.8) is 0 Å². The zero-order chi connectivity index (χ0) is 18.6. The Morgan fingerprint density at radius 2 is 1.89 bits per heavy atom. The lowest BCUT2D eigenvalue weighted by molar-refractivity contribution is 0.0946. The van der Waals surface area contributed by atoms with Gasteiger partial charge in [-0.15, -0.1) is 0 Å². The molecule has 1 fully saturated rings. The number of benzene rings is 2. The molecular formula is C22H25N3O2. The van der Waals surface area contributed by atoms with E-state index in [1.165, 1.54) is 37.1 Å². The molecule has 2 heterocycles. The van der Waals surface area contributed by atoms with Crippen molar-refractivity contribution in [2.45, 2.75) is 25.9 Å².